The van der Waals surface area contributed by atoms with Crippen LogP contribution < -0.4 is 0 Å². The maximum atomic E-state index is 12.2. The maximum absolute atomic E-state index is 12.2. The molecule has 2 aliphatic rings. The Morgan fingerprint density at radius 2 is 1.72 bits per heavy atom. The minimum atomic E-state index is -0.812. The van der Waals surface area contributed by atoms with Crippen LogP contribution >= 0.6 is 0 Å². The van der Waals surface area contributed by atoms with Gasteiger partial charge in [0.15, 0.2) is 0 Å². The fraction of sp³-hybridized carbons (Fsp3) is 0.250. The third kappa shape index (κ3) is 1.10. The first-order valence-electron chi connectivity index (χ1n) is 6.27. The largest absolute Gasteiger partial charge is 0.259 e. The average Bonchev–Trinajstić information content (AvgIpc) is 3.16. The molecule has 2 aromatic rings. The first-order valence-corrected chi connectivity index (χ1v) is 7.83. The van der Waals surface area contributed by atoms with Crippen molar-refractivity contribution in [3.8, 4) is 11.1 Å². The molecule has 0 N–H and O–H groups in total. The Kier molecular flexibility index (Phi) is 1.94. The Bertz CT molecular complexity index is 676. The minimum absolute atomic E-state index is 0.106. The molecule has 0 amide bonds. The molecular formula is C16H14OS. The first-order chi connectivity index (χ1) is 8.75. The summed E-state index contributed by atoms with van der Waals surface area (Å²) in [6.45, 7) is 0. The highest BCUT2D eigenvalue weighted by atomic mass is 32.2. The Morgan fingerprint density at radius 1 is 1.06 bits per heavy atom. The molecular weight excluding hydrogens is 240 g/mol. The van der Waals surface area contributed by atoms with E-state index in [0.717, 1.165) is 6.42 Å². The van der Waals surface area contributed by atoms with Crippen LogP contribution in [0.3, 0.4) is 0 Å². The van der Waals surface area contributed by atoms with Crippen molar-refractivity contribution in [1.82, 2.24) is 0 Å². The monoisotopic (exact) mass is 254 g/mol. The lowest BCUT2D eigenvalue weighted by atomic mass is 9.85. The third-order valence-electron chi connectivity index (χ3n) is 4.43. The van der Waals surface area contributed by atoms with Gasteiger partial charge in [0.25, 0.3) is 0 Å². The summed E-state index contributed by atoms with van der Waals surface area (Å²) in [5.41, 5.74) is 5.27. The van der Waals surface area contributed by atoms with Gasteiger partial charge < -0.3 is 0 Å². The van der Waals surface area contributed by atoms with Crippen molar-refractivity contribution in [2.24, 2.45) is 0 Å². The zero-order chi connectivity index (χ0) is 12.3. The number of rotatable bonds is 1. The van der Waals surface area contributed by atoms with Crippen LogP contribution in [0.2, 0.25) is 0 Å². The van der Waals surface area contributed by atoms with E-state index in [-0.39, 0.29) is 4.75 Å². The lowest BCUT2D eigenvalue weighted by molar-refractivity contribution is 0.672. The highest BCUT2D eigenvalue weighted by molar-refractivity contribution is 7.85. The first kappa shape index (κ1) is 10.5. The lowest BCUT2D eigenvalue weighted by Crippen LogP contribution is -2.20. The molecule has 3 atom stereocenters. The molecule has 90 valence electrons. The van der Waals surface area contributed by atoms with Gasteiger partial charge in [0.2, 0.25) is 0 Å². The van der Waals surface area contributed by atoms with Crippen LogP contribution in [0.15, 0.2) is 48.5 Å². The summed E-state index contributed by atoms with van der Waals surface area (Å²) in [6, 6.07) is 17.0. The standard InChI is InChI=1S/C16H14OS/c1-18(17)16-10-15(16)13-8-3-2-6-11(13)12-7-4-5-9-14(12)16/h2-9,15H,10H2,1H3/t15-,16-,18?/m1/s1. The Labute approximate surface area is 109 Å². The number of fused-ring (bicyclic) bond motifs is 6. The van der Waals surface area contributed by atoms with Gasteiger partial charge in [-0.2, -0.15) is 0 Å². The summed E-state index contributed by atoms with van der Waals surface area (Å²) >= 11 is 0. The molecule has 1 unspecified atom stereocenters. The molecule has 2 aliphatic carbocycles. The van der Waals surface area contributed by atoms with Crippen LogP contribution in [0.25, 0.3) is 11.1 Å². The van der Waals surface area contributed by atoms with Crippen LogP contribution in [0.5, 0.6) is 0 Å². The molecule has 0 bridgehead atoms. The van der Waals surface area contributed by atoms with Crippen molar-refractivity contribution in [2.75, 3.05) is 6.26 Å². The zero-order valence-corrected chi connectivity index (χ0v) is 11.0. The molecule has 4 rings (SSSR count). The van der Waals surface area contributed by atoms with Gasteiger partial charge in [0.05, 0.1) is 4.75 Å². The van der Waals surface area contributed by atoms with E-state index in [4.69, 9.17) is 0 Å². The van der Waals surface area contributed by atoms with Crippen molar-refractivity contribution in [1.29, 1.82) is 0 Å². The van der Waals surface area contributed by atoms with Gasteiger partial charge in [0.1, 0.15) is 0 Å². The third-order valence-corrected chi connectivity index (χ3v) is 6.13. The summed E-state index contributed by atoms with van der Waals surface area (Å²) in [7, 11) is -0.812. The molecule has 1 fully saturated rings. The second-order valence-corrected chi connectivity index (χ2v) is 6.87. The lowest BCUT2D eigenvalue weighted by Gasteiger charge is -2.26. The molecule has 0 aliphatic heterocycles. The second kappa shape index (κ2) is 3.33. The number of benzene rings is 2. The molecule has 0 saturated heterocycles. The van der Waals surface area contributed by atoms with Crippen molar-refractivity contribution in [3.63, 3.8) is 0 Å². The summed E-state index contributed by atoms with van der Waals surface area (Å²) in [6.07, 6.45) is 2.88. The van der Waals surface area contributed by atoms with E-state index in [1.807, 2.05) is 6.26 Å². The second-order valence-electron chi connectivity index (χ2n) is 5.23. The van der Waals surface area contributed by atoms with E-state index in [9.17, 15) is 4.21 Å². The van der Waals surface area contributed by atoms with Gasteiger partial charge >= 0.3 is 0 Å². The van der Waals surface area contributed by atoms with Crippen LogP contribution in [-0.2, 0) is 15.5 Å². The molecule has 0 radical (unpaired) electrons. The fourth-order valence-corrected chi connectivity index (χ4v) is 4.93. The van der Waals surface area contributed by atoms with Gasteiger partial charge in [-0.15, -0.1) is 0 Å². The van der Waals surface area contributed by atoms with Crippen LogP contribution in [0.1, 0.15) is 23.5 Å². The Balaban J connectivity index is 2.08. The van der Waals surface area contributed by atoms with Crippen LogP contribution in [0.4, 0.5) is 0 Å². The van der Waals surface area contributed by atoms with Gasteiger partial charge in [-0.3, -0.25) is 4.21 Å². The summed E-state index contributed by atoms with van der Waals surface area (Å²) in [5.74, 6) is 0.453. The van der Waals surface area contributed by atoms with E-state index in [0.29, 0.717) is 5.92 Å². The normalized spacial score (nSPS) is 28.8. The van der Waals surface area contributed by atoms with Crippen LogP contribution in [-0.4, -0.2) is 10.5 Å². The summed E-state index contributed by atoms with van der Waals surface area (Å²) in [4.78, 5) is 0. The molecule has 2 aromatic carbocycles. The predicted octanol–water partition coefficient (Wildman–Crippen LogP) is 3.43. The van der Waals surface area contributed by atoms with E-state index in [1.165, 1.54) is 22.3 Å². The van der Waals surface area contributed by atoms with Crippen molar-refractivity contribution < 1.29 is 4.21 Å². The highest BCUT2D eigenvalue weighted by Crippen LogP contribution is 2.67. The number of hydrogen-bond donors (Lipinski definition) is 0. The molecule has 0 aromatic heterocycles. The molecule has 1 saturated carbocycles. The van der Waals surface area contributed by atoms with E-state index >= 15 is 0 Å². The average molecular weight is 254 g/mol. The van der Waals surface area contributed by atoms with E-state index in [1.54, 1.807) is 0 Å². The highest BCUT2D eigenvalue weighted by Gasteiger charge is 2.62. The van der Waals surface area contributed by atoms with Crippen molar-refractivity contribution in [2.45, 2.75) is 17.1 Å². The van der Waals surface area contributed by atoms with Crippen molar-refractivity contribution >= 4 is 10.8 Å². The van der Waals surface area contributed by atoms with E-state index in [2.05, 4.69) is 48.5 Å². The SMILES string of the molecule is CS(=O)[C@@]12C[C@@H]1c1ccccc1-c1ccccc12. The van der Waals surface area contributed by atoms with Gasteiger partial charge in [0, 0.05) is 23.0 Å². The zero-order valence-electron chi connectivity index (χ0n) is 10.2. The van der Waals surface area contributed by atoms with E-state index < -0.39 is 10.8 Å². The topological polar surface area (TPSA) is 17.1 Å². The summed E-state index contributed by atoms with van der Waals surface area (Å²) in [5, 5.41) is 0. The molecule has 1 nitrogen and oxygen atoms in total. The fourth-order valence-electron chi connectivity index (χ4n) is 3.51. The smallest absolute Gasteiger partial charge is 0.0785 e. The number of hydrogen-bond acceptors (Lipinski definition) is 1. The summed E-state index contributed by atoms with van der Waals surface area (Å²) < 4.78 is 12.1. The van der Waals surface area contributed by atoms with Crippen LogP contribution in [0, 0.1) is 0 Å². The predicted molar refractivity (Wildman–Crippen MR) is 75.0 cm³/mol. The van der Waals surface area contributed by atoms with Gasteiger partial charge in [-0.05, 0) is 28.7 Å². The quantitative estimate of drug-likeness (QED) is 0.762. The van der Waals surface area contributed by atoms with Gasteiger partial charge in [-0.1, -0.05) is 48.5 Å². The molecule has 18 heavy (non-hydrogen) atoms. The van der Waals surface area contributed by atoms with Gasteiger partial charge in [-0.25, -0.2) is 0 Å². The molecule has 0 heterocycles. The Morgan fingerprint density at radius 3 is 2.50 bits per heavy atom. The van der Waals surface area contributed by atoms with Crippen molar-refractivity contribution in [3.05, 3.63) is 59.7 Å². The maximum Gasteiger partial charge on any atom is 0.0785 e. The molecule has 2 heteroatoms. The molecule has 0 spiro atoms. The Hall–Kier alpha value is -1.41. The minimum Gasteiger partial charge on any atom is -0.259 e.